The number of carbonyl (C=O) groups is 1. The summed E-state index contributed by atoms with van der Waals surface area (Å²) in [5.74, 6) is 1.22. The number of nitrogens with zero attached hydrogens (tertiary/aromatic N) is 1. The highest BCUT2D eigenvalue weighted by atomic mass is 16.5. The molecule has 5 nitrogen and oxygen atoms in total. The number of piperidine rings is 1. The number of nitrogens with one attached hydrogen (secondary N) is 2. The number of aromatic nitrogens is 1. The summed E-state index contributed by atoms with van der Waals surface area (Å²) >= 11 is 0. The van der Waals surface area contributed by atoms with E-state index in [1.807, 2.05) is 19.1 Å². The van der Waals surface area contributed by atoms with Crippen LogP contribution in [-0.4, -0.2) is 31.1 Å². The number of hydrogen-bond acceptors (Lipinski definition) is 4. The van der Waals surface area contributed by atoms with E-state index in [4.69, 9.17) is 4.74 Å². The molecule has 1 amide bonds. The molecule has 2 rings (SSSR count). The lowest BCUT2D eigenvalue weighted by Gasteiger charge is -2.22. The minimum absolute atomic E-state index is 0.0351. The van der Waals surface area contributed by atoms with Gasteiger partial charge in [-0.2, -0.15) is 0 Å². The highest BCUT2D eigenvalue weighted by Crippen LogP contribution is 2.23. The van der Waals surface area contributed by atoms with Gasteiger partial charge in [0.2, 0.25) is 5.91 Å². The van der Waals surface area contributed by atoms with Crippen LogP contribution in [0.2, 0.25) is 0 Å². The Morgan fingerprint density at radius 1 is 1.44 bits per heavy atom. The van der Waals surface area contributed by atoms with Crippen molar-refractivity contribution in [3.8, 4) is 5.75 Å². The van der Waals surface area contributed by atoms with E-state index in [9.17, 15) is 4.79 Å². The lowest BCUT2D eigenvalue weighted by Crippen LogP contribution is -2.34. The maximum atomic E-state index is 12.1. The summed E-state index contributed by atoms with van der Waals surface area (Å²) in [7, 11) is 1.58. The van der Waals surface area contributed by atoms with E-state index in [2.05, 4.69) is 15.6 Å². The number of carbonyl (C=O) groups excluding carboxylic acids is 1. The number of rotatable bonds is 3. The van der Waals surface area contributed by atoms with Gasteiger partial charge in [-0.05, 0) is 45.0 Å². The molecule has 1 saturated heterocycles. The largest absolute Gasteiger partial charge is 0.493 e. The predicted molar refractivity (Wildman–Crippen MR) is 69.7 cm³/mol. The van der Waals surface area contributed by atoms with Gasteiger partial charge in [-0.1, -0.05) is 0 Å². The molecular formula is C13H19N3O2. The molecule has 1 fully saturated rings. The van der Waals surface area contributed by atoms with E-state index in [-0.39, 0.29) is 11.8 Å². The summed E-state index contributed by atoms with van der Waals surface area (Å²) in [5, 5.41) is 6.11. The number of amides is 1. The fourth-order valence-corrected chi connectivity index (χ4v) is 2.10. The van der Waals surface area contributed by atoms with Crippen LogP contribution in [0.15, 0.2) is 12.1 Å². The molecule has 1 aromatic rings. The van der Waals surface area contributed by atoms with E-state index < -0.39 is 0 Å². The molecule has 98 valence electrons. The standard InChI is InChI=1S/C13H19N3O2/c1-9-3-4-11(18-2)12(15-9)16-13(17)10-5-7-14-8-6-10/h3-4,10,14H,5-8H2,1-2H3,(H,15,16,17). The maximum absolute atomic E-state index is 12.1. The monoisotopic (exact) mass is 249 g/mol. The quantitative estimate of drug-likeness (QED) is 0.848. The van der Waals surface area contributed by atoms with Crippen molar-refractivity contribution in [1.82, 2.24) is 10.3 Å². The molecule has 2 N–H and O–H groups in total. The Morgan fingerprint density at radius 3 is 2.83 bits per heavy atom. The zero-order valence-corrected chi connectivity index (χ0v) is 10.8. The van der Waals surface area contributed by atoms with Crippen molar-refractivity contribution in [2.24, 2.45) is 5.92 Å². The zero-order valence-electron chi connectivity index (χ0n) is 10.8. The van der Waals surface area contributed by atoms with Crippen molar-refractivity contribution in [1.29, 1.82) is 0 Å². The zero-order chi connectivity index (χ0) is 13.0. The second kappa shape index (κ2) is 5.82. The van der Waals surface area contributed by atoms with Crippen LogP contribution in [0.1, 0.15) is 18.5 Å². The Labute approximate surface area is 107 Å². The molecule has 0 atom stereocenters. The molecular weight excluding hydrogens is 230 g/mol. The van der Waals surface area contributed by atoms with Crippen molar-refractivity contribution >= 4 is 11.7 Å². The Hall–Kier alpha value is -1.62. The lowest BCUT2D eigenvalue weighted by atomic mass is 9.97. The van der Waals surface area contributed by atoms with Crippen molar-refractivity contribution in [3.05, 3.63) is 17.8 Å². The smallest absolute Gasteiger partial charge is 0.228 e. The van der Waals surface area contributed by atoms with Gasteiger partial charge in [0.25, 0.3) is 0 Å². The molecule has 2 heterocycles. The van der Waals surface area contributed by atoms with E-state index in [0.717, 1.165) is 31.6 Å². The molecule has 0 aliphatic carbocycles. The van der Waals surface area contributed by atoms with Gasteiger partial charge >= 0.3 is 0 Å². The van der Waals surface area contributed by atoms with E-state index in [1.54, 1.807) is 7.11 Å². The fourth-order valence-electron chi connectivity index (χ4n) is 2.10. The summed E-state index contributed by atoms with van der Waals surface area (Å²) < 4.78 is 5.20. The Bertz CT molecular complexity index is 428. The van der Waals surface area contributed by atoms with Crippen LogP contribution in [0.3, 0.4) is 0 Å². The van der Waals surface area contributed by atoms with Gasteiger partial charge in [0.15, 0.2) is 11.6 Å². The van der Waals surface area contributed by atoms with Crippen molar-refractivity contribution < 1.29 is 9.53 Å². The molecule has 18 heavy (non-hydrogen) atoms. The number of pyridine rings is 1. The van der Waals surface area contributed by atoms with Gasteiger partial charge in [0.1, 0.15) is 0 Å². The van der Waals surface area contributed by atoms with Gasteiger partial charge in [-0.25, -0.2) is 4.98 Å². The Balaban J connectivity index is 2.07. The van der Waals surface area contributed by atoms with E-state index in [0.29, 0.717) is 11.6 Å². The molecule has 0 bridgehead atoms. The molecule has 1 aliphatic rings. The van der Waals surface area contributed by atoms with E-state index >= 15 is 0 Å². The first-order valence-corrected chi connectivity index (χ1v) is 6.24. The number of aryl methyl sites for hydroxylation is 1. The second-order valence-electron chi connectivity index (χ2n) is 4.52. The number of methoxy groups -OCH3 is 1. The molecule has 1 aromatic heterocycles. The first-order valence-electron chi connectivity index (χ1n) is 6.24. The van der Waals surface area contributed by atoms with Crippen LogP contribution < -0.4 is 15.4 Å². The maximum Gasteiger partial charge on any atom is 0.228 e. The summed E-state index contributed by atoms with van der Waals surface area (Å²) in [5.41, 5.74) is 0.858. The van der Waals surface area contributed by atoms with Crippen LogP contribution in [0.4, 0.5) is 5.82 Å². The van der Waals surface area contributed by atoms with Crippen LogP contribution >= 0.6 is 0 Å². The molecule has 0 unspecified atom stereocenters. The highest BCUT2D eigenvalue weighted by Gasteiger charge is 2.22. The Morgan fingerprint density at radius 2 is 2.17 bits per heavy atom. The average molecular weight is 249 g/mol. The first kappa shape index (κ1) is 12.8. The molecule has 0 spiro atoms. The van der Waals surface area contributed by atoms with Gasteiger partial charge in [0.05, 0.1) is 7.11 Å². The molecule has 0 radical (unpaired) electrons. The molecule has 0 saturated carbocycles. The summed E-state index contributed by atoms with van der Waals surface area (Å²) in [6.07, 6.45) is 1.75. The third-order valence-electron chi connectivity index (χ3n) is 3.17. The number of anilines is 1. The van der Waals surface area contributed by atoms with Gasteiger partial charge < -0.3 is 15.4 Å². The van der Waals surface area contributed by atoms with Crippen LogP contribution in [0, 0.1) is 12.8 Å². The summed E-state index contributed by atoms with van der Waals surface area (Å²) in [6, 6.07) is 3.68. The van der Waals surface area contributed by atoms with Crippen molar-refractivity contribution in [2.75, 3.05) is 25.5 Å². The second-order valence-corrected chi connectivity index (χ2v) is 4.52. The van der Waals surface area contributed by atoms with Gasteiger partial charge in [-0.3, -0.25) is 4.79 Å². The minimum atomic E-state index is 0.0351. The fraction of sp³-hybridized carbons (Fsp3) is 0.538. The first-order chi connectivity index (χ1) is 8.70. The SMILES string of the molecule is COc1ccc(C)nc1NC(=O)C1CCNCC1. The third-order valence-corrected chi connectivity index (χ3v) is 3.17. The summed E-state index contributed by atoms with van der Waals surface area (Å²) in [4.78, 5) is 16.4. The van der Waals surface area contributed by atoms with E-state index in [1.165, 1.54) is 0 Å². The predicted octanol–water partition coefficient (Wildman–Crippen LogP) is 1.34. The molecule has 5 heteroatoms. The minimum Gasteiger partial charge on any atom is -0.493 e. The number of hydrogen-bond donors (Lipinski definition) is 2. The topological polar surface area (TPSA) is 63.2 Å². The number of ether oxygens (including phenoxy) is 1. The van der Waals surface area contributed by atoms with Crippen molar-refractivity contribution in [2.45, 2.75) is 19.8 Å². The molecule has 1 aliphatic heterocycles. The molecule has 0 aromatic carbocycles. The third kappa shape index (κ3) is 2.98. The van der Waals surface area contributed by atoms with Gasteiger partial charge in [0, 0.05) is 11.6 Å². The summed E-state index contributed by atoms with van der Waals surface area (Å²) in [6.45, 7) is 3.69. The van der Waals surface area contributed by atoms with Gasteiger partial charge in [-0.15, -0.1) is 0 Å². The average Bonchev–Trinajstić information content (AvgIpc) is 2.40. The van der Waals surface area contributed by atoms with Crippen LogP contribution in [-0.2, 0) is 4.79 Å². The van der Waals surface area contributed by atoms with Crippen LogP contribution in [0.5, 0.6) is 5.75 Å². The normalized spacial score (nSPS) is 16.3. The highest BCUT2D eigenvalue weighted by molar-refractivity contribution is 5.93. The Kier molecular flexibility index (Phi) is 4.15. The lowest BCUT2D eigenvalue weighted by molar-refractivity contribution is -0.120. The van der Waals surface area contributed by atoms with Crippen LogP contribution in [0.25, 0.3) is 0 Å². The van der Waals surface area contributed by atoms with Crippen molar-refractivity contribution in [3.63, 3.8) is 0 Å².